The van der Waals surface area contributed by atoms with Gasteiger partial charge in [0.25, 0.3) is 5.91 Å². The molecule has 1 saturated heterocycles. The number of hydrogen-bond acceptors (Lipinski definition) is 3. The van der Waals surface area contributed by atoms with E-state index in [9.17, 15) is 4.79 Å². The molecule has 0 aromatic carbocycles. The molecule has 19 heavy (non-hydrogen) atoms. The molecule has 0 aliphatic carbocycles. The largest absolute Gasteiger partial charge is 0.494 e. The average Bonchev–Trinajstić information content (AvgIpc) is 2.71. The lowest BCUT2D eigenvalue weighted by Gasteiger charge is -2.29. The Labute approximate surface area is 122 Å². The van der Waals surface area contributed by atoms with Crippen molar-refractivity contribution in [3.63, 3.8) is 0 Å². The van der Waals surface area contributed by atoms with Crippen LogP contribution in [0.3, 0.4) is 0 Å². The molecule has 2 rings (SSSR count). The van der Waals surface area contributed by atoms with Crippen LogP contribution in [0.4, 0.5) is 0 Å². The van der Waals surface area contributed by atoms with Crippen LogP contribution in [0, 0.1) is 0 Å². The molecule has 0 saturated carbocycles. The third kappa shape index (κ3) is 3.26. The van der Waals surface area contributed by atoms with Crippen molar-refractivity contribution in [2.24, 2.45) is 0 Å². The van der Waals surface area contributed by atoms with Crippen LogP contribution in [-0.2, 0) is 0 Å². The standard InChI is InChI=1S/C14H19BrN2O2/c1-19-13-10-16-7-6-12(13)14(18)17-8-4-2-3-5-11(17)9-15/h6-7,10-11H,2-5,8-9H2,1H3. The number of hydrogen-bond donors (Lipinski definition) is 0. The number of rotatable bonds is 3. The fraction of sp³-hybridized carbons (Fsp3) is 0.571. The lowest BCUT2D eigenvalue weighted by molar-refractivity contribution is 0.0698. The Bertz CT molecular complexity index is 439. The van der Waals surface area contributed by atoms with Crippen LogP contribution in [0.25, 0.3) is 0 Å². The zero-order valence-electron chi connectivity index (χ0n) is 11.1. The number of carbonyl (C=O) groups excluding carboxylic acids is 1. The van der Waals surface area contributed by atoms with Gasteiger partial charge in [0.05, 0.1) is 18.9 Å². The van der Waals surface area contributed by atoms with Gasteiger partial charge in [-0.05, 0) is 18.9 Å². The van der Waals surface area contributed by atoms with Crippen LogP contribution in [0.2, 0.25) is 0 Å². The maximum atomic E-state index is 12.7. The maximum absolute atomic E-state index is 12.7. The second-order valence-corrected chi connectivity index (χ2v) is 5.38. The highest BCUT2D eigenvalue weighted by atomic mass is 79.9. The van der Waals surface area contributed by atoms with Gasteiger partial charge in [-0.25, -0.2) is 0 Å². The number of nitrogens with zero attached hydrogens (tertiary/aromatic N) is 2. The molecule has 1 aliphatic heterocycles. The first kappa shape index (κ1) is 14.3. The molecular formula is C14H19BrN2O2. The van der Waals surface area contributed by atoms with Crippen molar-refractivity contribution in [3.05, 3.63) is 24.0 Å². The Balaban J connectivity index is 2.25. The molecule has 1 atom stereocenters. The SMILES string of the molecule is COc1cnccc1C(=O)N1CCCCCC1CBr. The first-order valence-electron chi connectivity index (χ1n) is 6.63. The topological polar surface area (TPSA) is 42.4 Å². The van der Waals surface area contributed by atoms with Crippen LogP contribution < -0.4 is 4.74 Å². The number of likely N-dealkylation sites (tertiary alicyclic amines) is 1. The van der Waals surface area contributed by atoms with E-state index in [1.807, 2.05) is 4.90 Å². The van der Waals surface area contributed by atoms with Gasteiger partial charge in [-0.3, -0.25) is 9.78 Å². The van der Waals surface area contributed by atoms with Gasteiger partial charge in [0.2, 0.25) is 0 Å². The second kappa shape index (κ2) is 6.89. The van der Waals surface area contributed by atoms with Gasteiger partial charge in [-0.2, -0.15) is 0 Å². The van der Waals surface area contributed by atoms with Crippen molar-refractivity contribution >= 4 is 21.8 Å². The van der Waals surface area contributed by atoms with Crippen LogP contribution in [-0.4, -0.2) is 40.8 Å². The first-order chi connectivity index (χ1) is 9.27. The van der Waals surface area contributed by atoms with Gasteiger partial charge in [0, 0.05) is 24.1 Å². The van der Waals surface area contributed by atoms with Crippen molar-refractivity contribution in [2.45, 2.75) is 31.7 Å². The molecule has 1 amide bonds. The van der Waals surface area contributed by atoms with E-state index in [1.165, 1.54) is 12.8 Å². The lowest BCUT2D eigenvalue weighted by Crippen LogP contribution is -2.41. The minimum atomic E-state index is 0.0469. The normalized spacial score (nSPS) is 19.9. The first-order valence-corrected chi connectivity index (χ1v) is 7.75. The van der Waals surface area contributed by atoms with Crippen LogP contribution in [0.5, 0.6) is 5.75 Å². The van der Waals surface area contributed by atoms with Crippen molar-refractivity contribution in [3.8, 4) is 5.75 Å². The number of ether oxygens (including phenoxy) is 1. The quantitative estimate of drug-likeness (QED) is 0.802. The lowest BCUT2D eigenvalue weighted by atomic mass is 10.1. The fourth-order valence-electron chi connectivity index (χ4n) is 2.48. The zero-order chi connectivity index (χ0) is 13.7. The number of halogens is 1. The van der Waals surface area contributed by atoms with Gasteiger partial charge in [0.15, 0.2) is 0 Å². The predicted octanol–water partition coefficient (Wildman–Crippen LogP) is 2.87. The number of alkyl halides is 1. The molecule has 1 fully saturated rings. The third-order valence-electron chi connectivity index (χ3n) is 3.55. The van der Waals surface area contributed by atoms with E-state index >= 15 is 0 Å². The van der Waals surface area contributed by atoms with E-state index in [-0.39, 0.29) is 11.9 Å². The van der Waals surface area contributed by atoms with Crippen LogP contribution in [0.15, 0.2) is 18.5 Å². The summed E-state index contributed by atoms with van der Waals surface area (Å²) in [5, 5.41) is 0.826. The Morgan fingerprint density at radius 1 is 1.53 bits per heavy atom. The molecular weight excluding hydrogens is 308 g/mol. The summed E-state index contributed by atoms with van der Waals surface area (Å²) in [6.45, 7) is 0.820. The fourth-order valence-corrected chi connectivity index (χ4v) is 3.15. The summed E-state index contributed by atoms with van der Waals surface area (Å²) in [5.41, 5.74) is 0.602. The molecule has 2 heterocycles. The molecule has 1 aromatic heterocycles. The van der Waals surface area contributed by atoms with Gasteiger partial charge in [-0.1, -0.05) is 28.8 Å². The van der Waals surface area contributed by atoms with E-state index in [0.717, 1.165) is 24.7 Å². The number of pyridine rings is 1. The highest BCUT2D eigenvalue weighted by molar-refractivity contribution is 9.09. The Morgan fingerprint density at radius 2 is 2.37 bits per heavy atom. The van der Waals surface area contributed by atoms with Gasteiger partial charge in [0.1, 0.15) is 5.75 Å². The summed E-state index contributed by atoms with van der Waals surface area (Å²) in [6, 6.07) is 2.00. The summed E-state index contributed by atoms with van der Waals surface area (Å²) in [4.78, 5) is 18.7. The molecule has 4 nitrogen and oxygen atoms in total. The predicted molar refractivity (Wildman–Crippen MR) is 77.9 cm³/mol. The molecule has 1 aromatic rings. The summed E-state index contributed by atoms with van der Waals surface area (Å²) >= 11 is 3.53. The van der Waals surface area contributed by atoms with Crippen molar-refractivity contribution < 1.29 is 9.53 Å². The Morgan fingerprint density at radius 3 is 3.11 bits per heavy atom. The number of carbonyl (C=O) groups is 1. The summed E-state index contributed by atoms with van der Waals surface area (Å²) in [7, 11) is 1.57. The molecule has 1 aliphatic rings. The zero-order valence-corrected chi connectivity index (χ0v) is 12.7. The average molecular weight is 327 g/mol. The molecule has 0 N–H and O–H groups in total. The third-order valence-corrected chi connectivity index (χ3v) is 4.30. The van der Waals surface area contributed by atoms with Crippen molar-refractivity contribution in [1.29, 1.82) is 0 Å². The van der Waals surface area contributed by atoms with Crippen molar-refractivity contribution in [1.82, 2.24) is 9.88 Å². The highest BCUT2D eigenvalue weighted by Gasteiger charge is 2.27. The van der Waals surface area contributed by atoms with Crippen molar-refractivity contribution in [2.75, 3.05) is 19.0 Å². The maximum Gasteiger partial charge on any atom is 0.258 e. The molecule has 0 spiro atoms. The summed E-state index contributed by atoms with van der Waals surface area (Å²) in [5.74, 6) is 0.593. The number of amides is 1. The Hall–Kier alpha value is -1.10. The number of methoxy groups -OCH3 is 1. The van der Waals surface area contributed by atoms with Gasteiger partial charge in [-0.15, -0.1) is 0 Å². The monoisotopic (exact) mass is 326 g/mol. The van der Waals surface area contributed by atoms with E-state index < -0.39 is 0 Å². The smallest absolute Gasteiger partial charge is 0.258 e. The number of aromatic nitrogens is 1. The molecule has 5 heteroatoms. The van der Waals surface area contributed by atoms with E-state index in [0.29, 0.717) is 11.3 Å². The molecule has 104 valence electrons. The highest BCUT2D eigenvalue weighted by Crippen LogP contribution is 2.24. The minimum Gasteiger partial charge on any atom is -0.494 e. The summed E-state index contributed by atoms with van der Waals surface area (Å²) < 4.78 is 5.24. The van der Waals surface area contributed by atoms with Gasteiger partial charge >= 0.3 is 0 Å². The van der Waals surface area contributed by atoms with E-state index in [1.54, 1.807) is 25.6 Å². The second-order valence-electron chi connectivity index (χ2n) is 4.73. The van der Waals surface area contributed by atoms with Crippen LogP contribution >= 0.6 is 15.9 Å². The van der Waals surface area contributed by atoms with E-state index in [2.05, 4.69) is 20.9 Å². The molecule has 0 bridgehead atoms. The molecule has 1 unspecified atom stereocenters. The van der Waals surface area contributed by atoms with E-state index in [4.69, 9.17) is 4.74 Å². The minimum absolute atomic E-state index is 0.0469. The van der Waals surface area contributed by atoms with Gasteiger partial charge < -0.3 is 9.64 Å². The Kier molecular flexibility index (Phi) is 5.19. The summed E-state index contributed by atoms with van der Waals surface area (Å²) in [6.07, 6.45) is 7.74. The van der Waals surface area contributed by atoms with Crippen LogP contribution in [0.1, 0.15) is 36.0 Å². The molecule has 0 radical (unpaired) electrons.